The van der Waals surface area contributed by atoms with E-state index in [1.165, 1.54) is 31.7 Å². The maximum atomic E-state index is 12.8. The normalized spacial score (nSPS) is 20.6. The van der Waals surface area contributed by atoms with Gasteiger partial charge < -0.3 is 45.1 Å². The number of hydrogen-bond acceptors (Lipinski definition) is 16. The quantitative estimate of drug-likeness (QED) is 0.0160. The Morgan fingerprint density at radius 3 is 1.91 bits per heavy atom. The number of nitrogens with zero attached hydrogens (tertiary/aromatic N) is 2. The van der Waals surface area contributed by atoms with Crippen molar-refractivity contribution >= 4 is 33.4 Å². The third kappa shape index (κ3) is 28.7. The number of nitrogen functional groups attached to an aromatic ring is 1. The molecule has 8 atom stereocenters. The maximum absolute atomic E-state index is 12.8. The zero-order valence-electron chi connectivity index (χ0n) is 39.5. The first-order valence-corrected chi connectivity index (χ1v) is 26.5. The van der Waals surface area contributed by atoms with Crippen LogP contribution in [0.4, 0.5) is 5.82 Å². The number of esters is 2. The summed E-state index contributed by atoms with van der Waals surface area (Å²) < 4.78 is 56.5. The first-order chi connectivity index (χ1) is 31.9. The molecule has 21 heteroatoms. The Morgan fingerprint density at radius 1 is 0.761 bits per heavy atom. The van der Waals surface area contributed by atoms with Crippen LogP contribution < -0.4 is 11.4 Å². The number of ether oxygens (including phenoxy) is 3. The van der Waals surface area contributed by atoms with Crippen molar-refractivity contribution in [2.75, 3.05) is 25.6 Å². The van der Waals surface area contributed by atoms with E-state index < -0.39 is 83.7 Å². The molecule has 1 aliphatic rings. The van der Waals surface area contributed by atoms with Gasteiger partial charge in [0.1, 0.15) is 30.7 Å². The average molecular weight is 990 g/mol. The number of aromatic nitrogens is 2. The predicted molar refractivity (Wildman–Crippen MR) is 253 cm³/mol. The first-order valence-electron chi connectivity index (χ1n) is 23.5. The van der Waals surface area contributed by atoms with Crippen LogP contribution in [0.15, 0.2) is 65.7 Å². The Morgan fingerprint density at radius 2 is 1.31 bits per heavy atom. The minimum absolute atomic E-state index is 0.0303. The van der Waals surface area contributed by atoms with Crippen LogP contribution in [-0.4, -0.2) is 96.9 Å². The molecule has 19 nitrogen and oxygen atoms in total. The highest BCUT2D eigenvalue weighted by Gasteiger charge is 2.46. The van der Waals surface area contributed by atoms with Gasteiger partial charge in [0.05, 0.1) is 19.3 Å². The molecule has 0 aliphatic carbocycles. The predicted octanol–water partition coefficient (Wildman–Crippen LogP) is 7.82. The standard InChI is InChI=1S/C46H77N3O16P2/c1-36(2)27-23-19-15-13-14-18-22-26-30-42(52)63-38(33-60-41(51)29-25-21-17-12-10-8-6-4-5-7-9-11-16-20-24-28-37(3)50)34-61-66(56,57)65-67(58,59)62-35-39-43(53)44(54)45(64-39)49-32-31-40(47)48-46(49)55/h5-8,11-12,16-17,31-32,36-39,43-45,50,53-54H,4,9-10,13-15,18-30,33-35H2,1-3H3,(H,56,57)(H,58,59)(H2,47,48,55)/b7-5-,8-6-,16-11-,17-12-/t37-,38-,39-,43-,44-,45-/m1/s1. The summed E-state index contributed by atoms with van der Waals surface area (Å²) in [6, 6.07) is 1.24. The third-order valence-corrected chi connectivity index (χ3v) is 13.0. The molecule has 1 aromatic heterocycles. The number of carbonyl (C=O) groups excluding carboxylic acids is 2. The van der Waals surface area contributed by atoms with Gasteiger partial charge in [0.15, 0.2) is 12.3 Å². The van der Waals surface area contributed by atoms with Crippen LogP contribution in [0.3, 0.4) is 0 Å². The van der Waals surface area contributed by atoms with Crippen LogP contribution in [0.2, 0.25) is 0 Å². The summed E-state index contributed by atoms with van der Waals surface area (Å²) in [4.78, 5) is 61.7. The lowest BCUT2D eigenvalue weighted by Gasteiger charge is -2.21. The third-order valence-electron chi connectivity index (χ3n) is 10.4. The summed E-state index contributed by atoms with van der Waals surface area (Å²) in [5.74, 6) is -0.685. The molecule has 0 radical (unpaired) electrons. The highest BCUT2D eigenvalue weighted by molar-refractivity contribution is 7.61. The molecule has 0 spiro atoms. The van der Waals surface area contributed by atoms with Crippen LogP contribution in [-0.2, 0) is 46.3 Å². The molecule has 1 aliphatic heterocycles. The zero-order valence-corrected chi connectivity index (χ0v) is 41.3. The molecular formula is C46H77N3O16P2. The first kappa shape index (κ1) is 59.8. The second kappa shape index (κ2) is 34.1. The molecule has 0 amide bonds. The van der Waals surface area contributed by atoms with Crippen LogP contribution in [0, 0.1) is 5.92 Å². The number of aliphatic hydroxyl groups is 3. The second-order valence-electron chi connectivity index (χ2n) is 17.0. The van der Waals surface area contributed by atoms with E-state index in [9.17, 15) is 48.6 Å². The lowest BCUT2D eigenvalue weighted by Crippen LogP contribution is -2.36. The van der Waals surface area contributed by atoms with Gasteiger partial charge >= 0.3 is 33.3 Å². The lowest BCUT2D eigenvalue weighted by molar-refractivity contribution is -0.161. The molecule has 1 aromatic rings. The minimum Gasteiger partial charge on any atom is -0.462 e. The van der Waals surface area contributed by atoms with E-state index in [4.69, 9.17) is 29.0 Å². The van der Waals surface area contributed by atoms with Crippen molar-refractivity contribution in [2.24, 2.45) is 5.92 Å². The summed E-state index contributed by atoms with van der Waals surface area (Å²) in [5, 5.41) is 30.2. The monoisotopic (exact) mass is 989 g/mol. The van der Waals surface area contributed by atoms with Crippen molar-refractivity contribution in [1.82, 2.24) is 9.55 Å². The highest BCUT2D eigenvalue weighted by atomic mass is 31.3. The largest absolute Gasteiger partial charge is 0.481 e. The van der Waals surface area contributed by atoms with Crippen molar-refractivity contribution < 1.29 is 71.4 Å². The van der Waals surface area contributed by atoms with Crippen LogP contribution in [0.5, 0.6) is 0 Å². The van der Waals surface area contributed by atoms with Gasteiger partial charge in [-0.1, -0.05) is 114 Å². The summed E-state index contributed by atoms with van der Waals surface area (Å²) in [5.41, 5.74) is 4.57. The molecule has 382 valence electrons. The number of anilines is 1. The summed E-state index contributed by atoms with van der Waals surface area (Å²) in [6.45, 7) is 3.86. The van der Waals surface area contributed by atoms with E-state index in [2.05, 4.69) is 59.6 Å². The Bertz CT molecular complexity index is 1840. The van der Waals surface area contributed by atoms with Gasteiger partial charge in [-0.3, -0.25) is 23.2 Å². The van der Waals surface area contributed by atoms with Crippen LogP contribution >= 0.6 is 15.6 Å². The number of allylic oxidation sites excluding steroid dienone is 8. The molecule has 2 unspecified atom stereocenters. The molecule has 0 aromatic carbocycles. The minimum atomic E-state index is -5.43. The maximum Gasteiger partial charge on any atom is 0.481 e. The summed E-state index contributed by atoms with van der Waals surface area (Å²) >= 11 is 0. The highest BCUT2D eigenvalue weighted by Crippen LogP contribution is 2.60. The molecular weight excluding hydrogens is 912 g/mol. The van der Waals surface area contributed by atoms with Gasteiger partial charge in [-0.2, -0.15) is 9.29 Å². The summed E-state index contributed by atoms with van der Waals surface area (Å²) in [7, 11) is -10.9. The number of unbranched alkanes of at least 4 members (excludes halogenated alkanes) is 9. The van der Waals surface area contributed by atoms with E-state index in [0.717, 1.165) is 75.0 Å². The van der Waals surface area contributed by atoms with E-state index in [1.54, 1.807) is 6.92 Å². The topological polar surface area (TPSA) is 286 Å². The van der Waals surface area contributed by atoms with Gasteiger partial charge in [0, 0.05) is 19.0 Å². The van der Waals surface area contributed by atoms with Gasteiger partial charge in [0.25, 0.3) is 0 Å². The molecule has 2 heterocycles. The number of hydrogen-bond donors (Lipinski definition) is 6. The fourth-order valence-electron chi connectivity index (χ4n) is 6.68. The average Bonchev–Trinajstić information content (AvgIpc) is 3.53. The molecule has 67 heavy (non-hydrogen) atoms. The second-order valence-corrected chi connectivity index (χ2v) is 20.1. The number of phosphoric ester groups is 2. The Kier molecular flexibility index (Phi) is 30.4. The molecule has 2 rings (SSSR count). The van der Waals surface area contributed by atoms with Crippen molar-refractivity contribution in [3.05, 3.63) is 71.4 Å². The van der Waals surface area contributed by atoms with Gasteiger partial charge in [-0.15, -0.1) is 0 Å². The summed E-state index contributed by atoms with van der Waals surface area (Å²) in [6.07, 6.45) is 25.2. The van der Waals surface area contributed by atoms with Crippen molar-refractivity contribution in [2.45, 2.75) is 180 Å². The number of aliphatic hydroxyl groups excluding tert-OH is 3. The van der Waals surface area contributed by atoms with E-state index in [-0.39, 0.29) is 24.8 Å². The molecule has 0 saturated carbocycles. The molecule has 1 fully saturated rings. The number of nitrogens with two attached hydrogens (primary N) is 1. The Balaban J connectivity index is 1.84. The molecule has 1 saturated heterocycles. The Labute approximate surface area is 395 Å². The molecule has 0 bridgehead atoms. The van der Waals surface area contributed by atoms with E-state index in [1.807, 2.05) is 12.2 Å². The van der Waals surface area contributed by atoms with Crippen LogP contribution in [0.1, 0.15) is 149 Å². The van der Waals surface area contributed by atoms with Gasteiger partial charge in [-0.25, -0.2) is 13.9 Å². The number of phosphoric acid groups is 2. The SMILES string of the molecule is CC(C)CCCCCCCCCCC(=O)O[C@H](COC(=O)CCC/C=C\C/C=C\C/C=C\C/C=C\CCC[C@@H](C)O)COP(=O)(O)OP(=O)(O)OC[C@H]1O[C@@H](n2ccc(N)nc2=O)[C@H](O)[C@@H]1O. The lowest BCUT2D eigenvalue weighted by atomic mass is 10.0. The van der Waals surface area contributed by atoms with Gasteiger partial charge in [0.2, 0.25) is 0 Å². The van der Waals surface area contributed by atoms with E-state index in [0.29, 0.717) is 25.2 Å². The van der Waals surface area contributed by atoms with Crippen LogP contribution in [0.25, 0.3) is 0 Å². The van der Waals surface area contributed by atoms with Gasteiger partial charge in [-0.05, 0) is 76.7 Å². The number of rotatable bonds is 37. The Hall–Kier alpha value is -3.32. The van der Waals surface area contributed by atoms with Crippen molar-refractivity contribution in [3.8, 4) is 0 Å². The van der Waals surface area contributed by atoms with E-state index >= 15 is 0 Å². The molecule has 7 N–H and O–H groups in total. The smallest absolute Gasteiger partial charge is 0.462 e. The zero-order chi connectivity index (χ0) is 49.5. The van der Waals surface area contributed by atoms with Crippen molar-refractivity contribution in [1.29, 1.82) is 0 Å². The fourth-order valence-corrected chi connectivity index (χ4v) is 8.79. The number of carbonyl (C=O) groups is 2. The van der Waals surface area contributed by atoms with Crippen molar-refractivity contribution in [3.63, 3.8) is 0 Å². The fraction of sp³-hybridized carbons (Fsp3) is 0.696.